The molecule has 1 aliphatic rings. The van der Waals surface area contributed by atoms with Crippen LogP contribution in [0, 0.1) is 11.8 Å². The highest BCUT2D eigenvalue weighted by Crippen LogP contribution is 2.39. The number of nitrogens with zero attached hydrogens (tertiary/aromatic N) is 3. The lowest BCUT2D eigenvalue weighted by atomic mass is 9.49. The third kappa shape index (κ3) is 5.27. The van der Waals surface area contributed by atoms with Crippen molar-refractivity contribution >= 4 is 86.5 Å². The third-order valence-electron chi connectivity index (χ3n) is 5.69. The van der Waals surface area contributed by atoms with E-state index in [1.165, 1.54) is 12.4 Å². The van der Waals surface area contributed by atoms with Crippen molar-refractivity contribution in [3.63, 3.8) is 0 Å². The Hall–Kier alpha value is -3.29. The van der Waals surface area contributed by atoms with Crippen molar-refractivity contribution < 1.29 is 13.9 Å². The first kappa shape index (κ1) is 24.4. The van der Waals surface area contributed by atoms with Crippen LogP contribution < -0.4 is 15.4 Å². The molecule has 2 atom stereocenters. The van der Waals surface area contributed by atoms with Gasteiger partial charge < -0.3 is 19.8 Å². The molecule has 0 bridgehead atoms. The number of aromatic nitrogens is 3. The van der Waals surface area contributed by atoms with Crippen LogP contribution in [0.5, 0.6) is 5.75 Å². The van der Waals surface area contributed by atoms with E-state index in [1.54, 1.807) is 24.3 Å². The molecule has 164 valence electrons. The monoisotopic (exact) mass is 463 g/mol. The van der Waals surface area contributed by atoms with E-state index in [0.29, 0.717) is 50.7 Å². The minimum absolute atomic E-state index is 0.0216. The molecule has 3 aromatic heterocycles. The van der Waals surface area contributed by atoms with E-state index in [0.717, 1.165) is 6.42 Å². The molecule has 3 heterocycles. The molecule has 4 aromatic rings. The molecule has 12 radical (unpaired) electrons. The van der Waals surface area contributed by atoms with E-state index in [-0.39, 0.29) is 17.7 Å². The number of rotatable bonds is 7. The van der Waals surface area contributed by atoms with Crippen LogP contribution in [0.2, 0.25) is 0 Å². The predicted octanol–water partition coefficient (Wildman–Crippen LogP) is 1.06. The van der Waals surface area contributed by atoms with E-state index < -0.39 is 10.5 Å². The lowest BCUT2D eigenvalue weighted by molar-refractivity contribution is -0.117. The molecule has 1 aliphatic carbocycles. The van der Waals surface area contributed by atoms with E-state index in [2.05, 4.69) is 25.6 Å². The third-order valence-corrected chi connectivity index (χ3v) is 5.69. The highest BCUT2D eigenvalue weighted by Gasteiger charge is 2.39. The number of anilines is 2. The van der Waals surface area contributed by atoms with Crippen molar-refractivity contribution in [1.29, 1.82) is 0 Å². The Morgan fingerprint density at radius 3 is 2.50 bits per heavy atom. The smallest absolute Gasteiger partial charge is 0.229 e. The SMILES string of the molecule is [B]C([B])([B])Nc1ncc(-c2nc3cc(OC([B])([B])[B])ccc3o2)c2cc(NC(=O)[C@H]3C[C@H]3C)ncc12. The molecule has 1 saturated carbocycles. The molecule has 0 aliphatic heterocycles. The largest absolute Gasteiger partial charge is 0.516 e. The molecule has 1 amide bonds. The zero-order chi connectivity index (χ0) is 25.8. The van der Waals surface area contributed by atoms with Crippen LogP contribution in [0.4, 0.5) is 11.6 Å². The van der Waals surface area contributed by atoms with Gasteiger partial charge in [-0.1, -0.05) is 12.2 Å². The maximum absolute atomic E-state index is 12.5. The van der Waals surface area contributed by atoms with Gasteiger partial charge in [0.2, 0.25) is 11.8 Å². The Balaban J connectivity index is 1.59. The van der Waals surface area contributed by atoms with Gasteiger partial charge >= 0.3 is 0 Å². The van der Waals surface area contributed by atoms with Crippen LogP contribution in [-0.2, 0) is 4.79 Å². The summed E-state index contributed by atoms with van der Waals surface area (Å²) in [6.07, 6.45) is 3.91. The summed E-state index contributed by atoms with van der Waals surface area (Å²) in [7, 11) is 33.7. The normalized spacial score (nSPS) is 17.7. The summed E-state index contributed by atoms with van der Waals surface area (Å²) in [6.45, 7) is 2.02. The molecule has 0 unspecified atom stereocenters. The van der Waals surface area contributed by atoms with Gasteiger partial charge in [-0.15, -0.1) is 0 Å². The van der Waals surface area contributed by atoms with Crippen LogP contribution in [0.25, 0.3) is 33.3 Å². The highest BCUT2D eigenvalue weighted by atomic mass is 16.5. The Labute approximate surface area is 215 Å². The van der Waals surface area contributed by atoms with Crippen LogP contribution in [0.3, 0.4) is 0 Å². The van der Waals surface area contributed by atoms with Gasteiger partial charge in [0, 0.05) is 35.2 Å². The van der Waals surface area contributed by atoms with Crippen molar-refractivity contribution in [2.75, 3.05) is 10.6 Å². The number of benzene rings is 1. The number of hydrogen-bond donors (Lipinski definition) is 2. The molecule has 1 aromatic carbocycles. The number of oxazole rings is 1. The summed E-state index contributed by atoms with van der Waals surface area (Å²) < 4.78 is 11.3. The summed E-state index contributed by atoms with van der Waals surface area (Å²) in [5.41, 5.74) is 1.46. The summed E-state index contributed by atoms with van der Waals surface area (Å²) in [6, 6.07) is 6.53. The number of pyridine rings is 2. The standard InChI is InChI=1S/C22H15B6N5O3/c1-9-4-11(9)19(34)32-17-6-12-13(7-29-17)18(33-21(23,24)25)30-8-14(12)20-31-15-5-10(36-22(26,27)28)2-3-16(15)35-20/h2-3,5-9,11H,4H2,1H3,(H,30,33)(H,29,32,34)/t9-,11+/m1/s1. The Kier molecular flexibility index (Phi) is 5.88. The fourth-order valence-electron chi connectivity index (χ4n) is 3.87. The molecule has 0 spiro atoms. The van der Waals surface area contributed by atoms with E-state index in [9.17, 15) is 4.79 Å². The van der Waals surface area contributed by atoms with Crippen molar-refractivity contribution in [2.45, 2.75) is 23.9 Å². The zero-order valence-electron chi connectivity index (χ0n) is 19.4. The minimum Gasteiger partial charge on any atom is -0.516 e. The number of carbonyl (C=O) groups excluding carboxylic acids is 1. The highest BCUT2D eigenvalue weighted by molar-refractivity contribution is 6.60. The van der Waals surface area contributed by atoms with E-state index in [4.69, 9.17) is 56.2 Å². The van der Waals surface area contributed by atoms with Crippen molar-refractivity contribution in [1.82, 2.24) is 15.0 Å². The van der Waals surface area contributed by atoms with Crippen LogP contribution in [-0.4, -0.2) is 78.5 Å². The van der Waals surface area contributed by atoms with Crippen molar-refractivity contribution in [3.8, 4) is 17.2 Å². The van der Waals surface area contributed by atoms with Gasteiger partial charge in [-0.05, 0) is 35.8 Å². The van der Waals surface area contributed by atoms with Crippen molar-refractivity contribution in [3.05, 3.63) is 36.7 Å². The van der Waals surface area contributed by atoms with Gasteiger partial charge in [-0.2, -0.15) is 0 Å². The average Bonchev–Trinajstić information content (AvgIpc) is 3.35. The molecular weight excluding hydrogens is 447 g/mol. The van der Waals surface area contributed by atoms with Crippen LogP contribution in [0.15, 0.2) is 41.1 Å². The molecule has 1 fully saturated rings. The molecule has 36 heavy (non-hydrogen) atoms. The number of hydrogen-bond acceptors (Lipinski definition) is 7. The molecule has 0 saturated heterocycles. The molecule has 14 heteroatoms. The fourth-order valence-corrected chi connectivity index (χ4v) is 3.87. The number of amides is 1. The molecule has 5 rings (SSSR count). The second kappa shape index (κ2) is 8.68. The molecule has 2 N–H and O–H groups in total. The first-order valence-electron chi connectivity index (χ1n) is 11.1. The number of fused-ring (bicyclic) bond motifs is 2. The second-order valence-electron chi connectivity index (χ2n) is 9.11. The molecule has 8 nitrogen and oxygen atoms in total. The van der Waals surface area contributed by atoms with Gasteiger partial charge in [0.05, 0.1) is 29.1 Å². The lowest BCUT2D eigenvalue weighted by Crippen LogP contribution is -2.40. The minimum atomic E-state index is -1.85. The average molecular weight is 462 g/mol. The van der Waals surface area contributed by atoms with E-state index in [1.807, 2.05) is 6.92 Å². The number of carbonyl (C=O) groups is 1. The quantitative estimate of drug-likeness (QED) is 0.396. The second-order valence-corrected chi connectivity index (χ2v) is 9.11. The maximum Gasteiger partial charge on any atom is 0.229 e. The summed E-state index contributed by atoms with van der Waals surface area (Å²) >= 11 is 0. The molecular formula is C22H15B6N5O3. The lowest BCUT2D eigenvalue weighted by Gasteiger charge is -2.24. The topological polar surface area (TPSA) is 102 Å². The van der Waals surface area contributed by atoms with Crippen molar-refractivity contribution in [2.24, 2.45) is 11.8 Å². The van der Waals surface area contributed by atoms with Gasteiger partial charge in [-0.25, -0.2) is 15.0 Å². The number of nitrogens with one attached hydrogen (secondary N) is 2. The summed E-state index contributed by atoms with van der Waals surface area (Å²) in [5, 5.41) is 3.17. The van der Waals surface area contributed by atoms with Crippen LogP contribution >= 0.6 is 0 Å². The Morgan fingerprint density at radius 1 is 1.08 bits per heavy atom. The van der Waals surface area contributed by atoms with Crippen LogP contribution in [0.1, 0.15) is 13.3 Å². The fraction of sp³-hybridized carbons (Fsp3) is 0.273. The predicted molar refractivity (Wildman–Crippen MR) is 143 cm³/mol. The van der Waals surface area contributed by atoms with Gasteiger partial charge in [-0.3, -0.25) is 4.79 Å². The summed E-state index contributed by atoms with van der Waals surface area (Å²) in [4.78, 5) is 25.8. The van der Waals surface area contributed by atoms with E-state index >= 15 is 0 Å². The first-order valence-corrected chi connectivity index (χ1v) is 11.1. The first-order chi connectivity index (χ1) is 16.9. The maximum atomic E-state index is 12.5. The Bertz CT molecular complexity index is 1480. The van der Waals surface area contributed by atoms with Gasteiger partial charge in [0.25, 0.3) is 0 Å². The number of ether oxygens (including phenoxy) is 1. The van der Waals surface area contributed by atoms with Gasteiger partial charge in [0.15, 0.2) is 5.58 Å². The zero-order valence-corrected chi connectivity index (χ0v) is 19.4. The van der Waals surface area contributed by atoms with Gasteiger partial charge in [0.1, 0.15) is 46.4 Å². The summed E-state index contributed by atoms with van der Waals surface area (Å²) in [5.74, 6) is 1.46. The Morgan fingerprint density at radius 2 is 1.83 bits per heavy atom.